The molecule has 0 saturated carbocycles. The Balaban J connectivity index is 6.10. The summed E-state index contributed by atoms with van der Waals surface area (Å²) >= 11 is 0. The smallest absolute Gasteiger partial charge is 0.362 e. The van der Waals surface area contributed by atoms with Gasteiger partial charge in [-0.2, -0.15) is 0 Å². The lowest BCUT2D eigenvalue weighted by molar-refractivity contribution is -0.968. The summed E-state index contributed by atoms with van der Waals surface area (Å²) in [6.45, 7) is 7.22. The van der Waals surface area contributed by atoms with E-state index in [-0.39, 0.29) is 25.8 Å². The lowest BCUT2D eigenvalue weighted by Gasteiger charge is -2.49. The molecule has 7 heteroatoms. The molecule has 0 radical (unpaired) electrons. The van der Waals surface area contributed by atoms with Crippen molar-refractivity contribution in [3.63, 3.8) is 0 Å². The number of allylic oxidation sites excluding steroid dienone is 1. The van der Waals surface area contributed by atoms with Gasteiger partial charge >= 0.3 is 17.9 Å². The van der Waals surface area contributed by atoms with Crippen LogP contribution < -0.4 is 0 Å². The third-order valence-corrected chi connectivity index (χ3v) is 5.57. The van der Waals surface area contributed by atoms with Gasteiger partial charge in [0, 0.05) is 19.3 Å². The summed E-state index contributed by atoms with van der Waals surface area (Å²) in [6.07, 6.45) is 9.41. The first-order chi connectivity index (χ1) is 13.2. The van der Waals surface area contributed by atoms with Gasteiger partial charge in [0.25, 0.3) is 0 Å². The molecule has 0 rings (SSSR count). The number of rotatable bonds is 16. The maximum atomic E-state index is 12.0. The number of hydrogen-bond donors (Lipinski definition) is 3. The summed E-state index contributed by atoms with van der Waals surface area (Å²) in [6, 6.07) is -3.31. The summed E-state index contributed by atoms with van der Waals surface area (Å²) < 4.78 is -0.491. The fourth-order valence-corrected chi connectivity index (χ4v) is 4.26. The van der Waals surface area contributed by atoms with Crippen LogP contribution in [0.5, 0.6) is 0 Å². The molecule has 162 valence electrons. The lowest BCUT2D eigenvalue weighted by atomic mass is 9.95. The van der Waals surface area contributed by atoms with Crippen molar-refractivity contribution >= 4 is 17.9 Å². The van der Waals surface area contributed by atoms with Gasteiger partial charge in [0.2, 0.25) is 0 Å². The number of carbonyl (C=O) groups is 3. The molecule has 0 aromatic carbocycles. The van der Waals surface area contributed by atoms with Gasteiger partial charge in [0.1, 0.15) is 0 Å². The van der Waals surface area contributed by atoms with Gasteiger partial charge in [0.15, 0.2) is 18.1 Å². The Bertz CT molecular complexity index is 476. The SMILES string of the molecule is CCCCCC/C=C/C[N+](C(CC)C(=O)O)(C(CC)C(=O)O)C(CC)C(=O)O. The van der Waals surface area contributed by atoms with Crippen molar-refractivity contribution < 1.29 is 34.2 Å². The predicted octanol–water partition coefficient (Wildman–Crippen LogP) is 3.92. The first-order valence-electron chi connectivity index (χ1n) is 10.4. The van der Waals surface area contributed by atoms with E-state index in [1.54, 1.807) is 26.8 Å². The van der Waals surface area contributed by atoms with E-state index < -0.39 is 40.5 Å². The third kappa shape index (κ3) is 6.62. The standard InChI is InChI=1S/C21H37NO6/c1-5-9-10-11-12-13-14-15-22(16(6-2)19(23)24,17(7-3)20(25)26)18(8-4)21(27)28/h13-14,16-18H,5-12,15H2,1-4H3,(H2-,23,24,25,26,27,28)/p+1/b14-13+. The highest BCUT2D eigenvalue weighted by Gasteiger charge is 2.55. The van der Waals surface area contributed by atoms with Crippen LogP contribution in [0.15, 0.2) is 12.2 Å². The Morgan fingerprint density at radius 2 is 1.14 bits per heavy atom. The average Bonchev–Trinajstić information content (AvgIpc) is 2.61. The maximum absolute atomic E-state index is 12.0. The molecule has 0 aliphatic heterocycles. The lowest BCUT2D eigenvalue weighted by Crippen LogP contribution is -2.72. The number of carboxylic acid groups (broad SMARTS) is 3. The van der Waals surface area contributed by atoms with Crippen LogP contribution in [0.1, 0.15) is 79.1 Å². The van der Waals surface area contributed by atoms with Crippen LogP contribution in [0.2, 0.25) is 0 Å². The summed E-state index contributed by atoms with van der Waals surface area (Å²) in [5.74, 6) is -3.46. The number of quaternary nitrogens is 1. The van der Waals surface area contributed by atoms with Crippen LogP contribution in [0.25, 0.3) is 0 Å². The number of unbranched alkanes of at least 4 members (excludes halogenated alkanes) is 4. The summed E-state index contributed by atoms with van der Waals surface area (Å²) in [5.41, 5.74) is 0. The molecule has 0 spiro atoms. The number of aliphatic carboxylic acids is 3. The second-order valence-corrected chi connectivity index (χ2v) is 7.29. The number of hydrogen-bond acceptors (Lipinski definition) is 3. The third-order valence-electron chi connectivity index (χ3n) is 5.57. The Kier molecular flexibility index (Phi) is 12.4. The molecule has 0 aromatic heterocycles. The molecular weight excluding hydrogens is 362 g/mol. The molecule has 3 atom stereocenters. The highest BCUT2D eigenvalue weighted by atomic mass is 16.4. The molecule has 0 saturated heterocycles. The fourth-order valence-electron chi connectivity index (χ4n) is 4.26. The van der Waals surface area contributed by atoms with Crippen molar-refractivity contribution in [2.75, 3.05) is 6.54 Å². The van der Waals surface area contributed by atoms with Crippen molar-refractivity contribution in [1.29, 1.82) is 0 Å². The van der Waals surface area contributed by atoms with Crippen LogP contribution in [0.4, 0.5) is 0 Å². The van der Waals surface area contributed by atoms with Crippen molar-refractivity contribution in [1.82, 2.24) is 0 Å². The topological polar surface area (TPSA) is 112 Å². The highest BCUT2D eigenvalue weighted by Crippen LogP contribution is 2.31. The normalized spacial score (nSPS) is 17.0. The average molecular weight is 401 g/mol. The van der Waals surface area contributed by atoms with E-state index >= 15 is 0 Å². The minimum atomic E-state index is -1.15. The van der Waals surface area contributed by atoms with Crippen LogP contribution in [0, 0.1) is 0 Å². The molecule has 0 heterocycles. The van der Waals surface area contributed by atoms with Gasteiger partial charge in [-0.05, 0) is 18.9 Å². The van der Waals surface area contributed by atoms with Crippen LogP contribution in [-0.2, 0) is 14.4 Å². The van der Waals surface area contributed by atoms with Gasteiger partial charge in [0.05, 0.1) is 6.54 Å². The Morgan fingerprint density at radius 1 is 0.714 bits per heavy atom. The van der Waals surface area contributed by atoms with Gasteiger partial charge in [-0.3, -0.25) is 4.48 Å². The second kappa shape index (κ2) is 13.3. The molecule has 0 aliphatic rings. The molecule has 28 heavy (non-hydrogen) atoms. The molecule has 3 unspecified atom stereocenters. The van der Waals surface area contributed by atoms with Gasteiger partial charge in [-0.15, -0.1) is 0 Å². The highest BCUT2D eigenvalue weighted by molar-refractivity contribution is 5.78. The molecule has 3 N–H and O–H groups in total. The fraction of sp³-hybridized carbons (Fsp3) is 0.762. The van der Waals surface area contributed by atoms with E-state index in [0.717, 1.165) is 32.1 Å². The minimum Gasteiger partial charge on any atom is -0.477 e. The predicted molar refractivity (Wildman–Crippen MR) is 108 cm³/mol. The van der Waals surface area contributed by atoms with E-state index in [0.29, 0.717) is 0 Å². The van der Waals surface area contributed by atoms with Crippen molar-refractivity contribution in [3.8, 4) is 0 Å². The zero-order valence-corrected chi connectivity index (χ0v) is 17.8. The Hall–Kier alpha value is -1.89. The summed E-state index contributed by atoms with van der Waals surface area (Å²) in [7, 11) is 0. The number of carboxylic acids is 3. The van der Waals surface area contributed by atoms with Gasteiger partial charge in [-0.1, -0.05) is 53.0 Å². The van der Waals surface area contributed by atoms with Crippen molar-refractivity contribution in [2.24, 2.45) is 0 Å². The zero-order valence-electron chi connectivity index (χ0n) is 17.8. The van der Waals surface area contributed by atoms with Gasteiger partial charge in [-0.25, -0.2) is 14.4 Å². The van der Waals surface area contributed by atoms with Crippen LogP contribution in [0.3, 0.4) is 0 Å². The van der Waals surface area contributed by atoms with Crippen LogP contribution in [-0.4, -0.2) is 62.4 Å². The first-order valence-corrected chi connectivity index (χ1v) is 10.4. The summed E-state index contributed by atoms with van der Waals surface area (Å²) in [4.78, 5) is 36.1. The van der Waals surface area contributed by atoms with E-state index in [2.05, 4.69) is 6.92 Å². The second-order valence-electron chi connectivity index (χ2n) is 7.29. The van der Waals surface area contributed by atoms with Crippen molar-refractivity contribution in [2.45, 2.75) is 97.2 Å². The molecule has 0 amide bonds. The van der Waals surface area contributed by atoms with E-state index in [4.69, 9.17) is 0 Å². The van der Waals surface area contributed by atoms with Gasteiger partial charge < -0.3 is 15.3 Å². The molecule has 0 aliphatic carbocycles. The van der Waals surface area contributed by atoms with E-state index in [9.17, 15) is 29.7 Å². The summed E-state index contributed by atoms with van der Waals surface area (Å²) in [5, 5.41) is 29.5. The largest absolute Gasteiger partial charge is 0.477 e. The van der Waals surface area contributed by atoms with Crippen molar-refractivity contribution in [3.05, 3.63) is 12.2 Å². The Morgan fingerprint density at radius 3 is 1.46 bits per heavy atom. The quantitative estimate of drug-likeness (QED) is 0.206. The van der Waals surface area contributed by atoms with E-state index in [1.165, 1.54) is 0 Å². The minimum absolute atomic E-state index is 0.0776. The molecule has 0 fully saturated rings. The molecule has 0 bridgehead atoms. The first kappa shape index (κ1) is 26.1. The molecular formula is C21H38NO6+. The maximum Gasteiger partial charge on any atom is 0.362 e. The molecule has 7 nitrogen and oxygen atoms in total. The zero-order chi connectivity index (χ0) is 21.7. The van der Waals surface area contributed by atoms with E-state index in [1.807, 2.05) is 6.08 Å². The Labute approximate surface area is 168 Å². The molecule has 0 aromatic rings. The van der Waals surface area contributed by atoms with Crippen LogP contribution >= 0.6 is 0 Å². The monoisotopic (exact) mass is 400 g/mol. The number of nitrogens with zero attached hydrogens (tertiary/aromatic N) is 1.